The predicted molar refractivity (Wildman–Crippen MR) is 126 cm³/mol. The zero-order chi connectivity index (χ0) is 22.3. The number of halogens is 1. The lowest BCUT2D eigenvalue weighted by molar-refractivity contribution is -0.120. The molecule has 2 heterocycles. The van der Waals surface area contributed by atoms with Crippen LogP contribution in [0.5, 0.6) is 0 Å². The van der Waals surface area contributed by atoms with Crippen molar-refractivity contribution in [3.63, 3.8) is 0 Å². The van der Waals surface area contributed by atoms with Crippen molar-refractivity contribution in [2.24, 2.45) is 5.92 Å². The normalized spacial score (nSPS) is 16.1. The van der Waals surface area contributed by atoms with Crippen LogP contribution in [0.3, 0.4) is 0 Å². The summed E-state index contributed by atoms with van der Waals surface area (Å²) in [6, 6.07) is 14.5. The lowest BCUT2D eigenvalue weighted by Crippen LogP contribution is -2.41. The maximum atomic E-state index is 13.5. The number of aryl methyl sites for hydroxylation is 1. The summed E-state index contributed by atoms with van der Waals surface area (Å²) in [5.74, 6) is 0.234. The van der Waals surface area contributed by atoms with E-state index in [1.807, 2.05) is 18.2 Å². The van der Waals surface area contributed by atoms with Crippen LogP contribution in [-0.4, -0.2) is 29.0 Å². The predicted octanol–water partition coefficient (Wildman–Crippen LogP) is 5.48. The molecule has 0 radical (unpaired) electrons. The highest BCUT2D eigenvalue weighted by Crippen LogP contribution is 2.24. The van der Waals surface area contributed by atoms with Gasteiger partial charge >= 0.3 is 0 Å². The fourth-order valence-electron chi connectivity index (χ4n) is 4.05. The molecule has 1 fully saturated rings. The van der Waals surface area contributed by atoms with E-state index in [0.717, 1.165) is 42.6 Å². The van der Waals surface area contributed by atoms with Crippen LogP contribution in [0.4, 0.5) is 16.0 Å². The number of carbonyl (C=O) groups is 1. The standard InChI is InChI=1S/C26H29FN4O/c1-2-3-6-19-10-12-24(13-11-19)30-25(32)21-8-5-14-31(18-21)26-28-16-22(17-29-26)20-7-4-9-23(27)15-20/h4,7,9-13,15-17,21H,2-3,5-6,8,14,18H2,1H3,(H,30,32)/t21-/m1/s1. The van der Waals surface area contributed by atoms with Crippen LogP contribution in [0.25, 0.3) is 11.1 Å². The molecule has 1 N–H and O–H groups in total. The molecule has 5 nitrogen and oxygen atoms in total. The van der Waals surface area contributed by atoms with Crippen LogP contribution in [0.1, 0.15) is 38.2 Å². The van der Waals surface area contributed by atoms with Gasteiger partial charge in [0.1, 0.15) is 5.82 Å². The molecule has 0 saturated carbocycles. The summed E-state index contributed by atoms with van der Waals surface area (Å²) in [5.41, 5.74) is 3.64. The van der Waals surface area contributed by atoms with Crippen LogP contribution < -0.4 is 10.2 Å². The SMILES string of the molecule is CCCCc1ccc(NC(=O)[C@@H]2CCCN(c3ncc(-c4cccc(F)c4)cn3)C2)cc1. The number of carbonyl (C=O) groups excluding carboxylic acids is 1. The quantitative estimate of drug-likeness (QED) is 0.537. The fourth-order valence-corrected chi connectivity index (χ4v) is 4.05. The molecule has 166 valence electrons. The summed E-state index contributed by atoms with van der Waals surface area (Å²) in [5, 5.41) is 3.06. The molecule has 6 heteroatoms. The van der Waals surface area contributed by atoms with E-state index >= 15 is 0 Å². The fraction of sp³-hybridized carbons (Fsp3) is 0.346. The van der Waals surface area contributed by atoms with Crippen molar-refractivity contribution >= 4 is 17.5 Å². The van der Waals surface area contributed by atoms with E-state index in [4.69, 9.17) is 0 Å². The van der Waals surface area contributed by atoms with Gasteiger partial charge in [-0.2, -0.15) is 0 Å². The first-order valence-corrected chi connectivity index (χ1v) is 11.3. The highest BCUT2D eigenvalue weighted by Gasteiger charge is 2.27. The van der Waals surface area contributed by atoms with E-state index < -0.39 is 0 Å². The monoisotopic (exact) mass is 432 g/mol. The van der Waals surface area contributed by atoms with Gasteiger partial charge in [0.05, 0.1) is 5.92 Å². The minimum Gasteiger partial charge on any atom is -0.340 e. The average Bonchev–Trinajstić information content (AvgIpc) is 2.84. The van der Waals surface area contributed by atoms with Gasteiger partial charge in [-0.25, -0.2) is 14.4 Å². The van der Waals surface area contributed by atoms with Crippen LogP contribution >= 0.6 is 0 Å². The van der Waals surface area contributed by atoms with E-state index in [9.17, 15) is 9.18 Å². The van der Waals surface area contributed by atoms with Gasteiger partial charge < -0.3 is 10.2 Å². The summed E-state index contributed by atoms with van der Waals surface area (Å²) in [6.45, 7) is 3.58. The Kier molecular flexibility index (Phi) is 7.10. The number of anilines is 2. The Balaban J connectivity index is 1.37. The minimum absolute atomic E-state index is 0.0346. The van der Waals surface area contributed by atoms with Crippen LogP contribution in [0.15, 0.2) is 60.9 Å². The maximum Gasteiger partial charge on any atom is 0.229 e. The zero-order valence-corrected chi connectivity index (χ0v) is 18.4. The Labute approximate surface area is 188 Å². The molecule has 1 aromatic heterocycles. The largest absolute Gasteiger partial charge is 0.340 e. The summed E-state index contributed by atoms with van der Waals surface area (Å²) in [4.78, 5) is 23.9. The van der Waals surface area contributed by atoms with Crippen molar-refractivity contribution in [2.75, 3.05) is 23.3 Å². The van der Waals surface area contributed by atoms with Gasteiger partial charge in [-0.05, 0) is 61.1 Å². The van der Waals surface area contributed by atoms with Gasteiger partial charge in [0.15, 0.2) is 0 Å². The minimum atomic E-state index is -0.285. The lowest BCUT2D eigenvalue weighted by Gasteiger charge is -2.32. The molecule has 0 spiro atoms. The van der Waals surface area contributed by atoms with E-state index in [0.29, 0.717) is 12.5 Å². The smallest absolute Gasteiger partial charge is 0.229 e. The molecular weight excluding hydrogens is 403 g/mol. The summed E-state index contributed by atoms with van der Waals surface area (Å²) in [7, 11) is 0. The summed E-state index contributed by atoms with van der Waals surface area (Å²) >= 11 is 0. The number of hydrogen-bond donors (Lipinski definition) is 1. The van der Waals surface area contributed by atoms with Gasteiger partial charge in [0.2, 0.25) is 11.9 Å². The first kappa shape index (κ1) is 21.9. The van der Waals surface area contributed by atoms with Crippen molar-refractivity contribution in [3.8, 4) is 11.1 Å². The zero-order valence-electron chi connectivity index (χ0n) is 18.4. The molecule has 0 bridgehead atoms. The van der Waals surface area contributed by atoms with Gasteiger partial charge in [-0.15, -0.1) is 0 Å². The number of hydrogen-bond acceptors (Lipinski definition) is 4. The van der Waals surface area contributed by atoms with Gasteiger partial charge in [-0.1, -0.05) is 37.6 Å². The molecule has 2 aromatic carbocycles. The molecular formula is C26H29FN4O. The lowest BCUT2D eigenvalue weighted by atomic mass is 9.97. The molecule has 1 aliphatic rings. The highest BCUT2D eigenvalue weighted by atomic mass is 19.1. The molecule has 4 rings (SSSR count). The highest BCUT2D eigenvalue weighted by molar-refractivity contribution is 5.93. The van der Waals surface area contributed by atoms with Crippen molar-refractivity contribution in [1.82, 2.24) is 9.97 Å². The van der Waals surface area contributed by atoms with Crippen LogP contribution in [-0.2, 0) is 11.2 Å². The number of nitrogens with zero attached hydrogens (tertiary/aromatic N) is 3. The third kappa shape index (κ3) is 5.49. The number of piperidine rings is 1. The Morgan fingerprint density at radius 3 is 2.62 bits per heavy atom. The van der Waals surface area contributed by atoms with Crippen molar-refractivity contribution in [1.29, 1.82) is 0 Å². The summed E-state index contributed by atoms with van der Waals surface area (Å²) < 4.78 is 13.5. The third-order valence-electron chi connectivity index (χ3n) is 5.91. The Morgan fingerprint density at radius 2 is 1.91 bits per heavy atom. The Bertz CT molecular complexity index is 1040. The first-order chi connectivity index (χ1) is 15.6. The molecule has 1 saturated heterocycles. The van der Waals surface area contributed by atoms with E-state index in [2.05, 4.69) is 39.2 Å². The molecule has 3 aromatic rings. The number of amides is 1. The average molecular weight is 433 g/mol. The molecule has 0 aliphatic carbocycles. The van der Waals surface area contributed by atoms with Crippen molar-refractivity contribution in [3.05, 3.63) is 72.3 Å². The second kappa shape index (κ2) is 10.4. The van der Waals surface area contributed by atoms with E-state index in [-0.39, 0.29) is 17.6 Å². The molecule has 1 amide bonds. The van der Waals surface area contributed by atoms with Gasteiger partial charge in [0.25, 0.3) is 0 Å². The summed E-state index contributed by atoms with van der Waals surface area (Å²) in [6.07, 6.45) is 8.59. The number of aromatic nitrogens is 2. The third-order valence-corrected chi connectivity index (χ3v) is 5.91. The van der Waals surface area contributed by atoms with Crippen molar-refractivity contribution < 1.29 is 9.18 Å². The van der Waals surface area contributed by atoms with Crippen molar-refractivity contribution in [2.45, 2.75) is 39.0 Å². The van der Waals surface area contributed by atoms with E-state index in [1.54, 1.807) is 18.5 Å². The van der Waals surface area contributed by atoms with E-state index in [1.165, 1.54) is 30.5 Å². The topological polar surface area (TPSA) is 58.1 Å². The molecule has 1 aliphatic heterocycles. The van der Waals surface area contributed by atoms with Crippen LogP contribution in [0.2, 0.25) is 0 Å². The Morgan fingerprint density at radius 1 is 1.12 bits per heavy atom. The van der Waals surface area contributed by atoms with Gasteiger partial charge in [0, 0.05) is 36.7 Å². The number of benzene rings is 2. The molecule has 32 heavy (non-hydrogen) atoms. The van der Waals surface area contributed by atoms with Gasteiger partial charge in [-0.3, -0.25) is 4.79 Å². The Hall–Kier alpha value is -3.28. The number of rotatable bonds is 7. The maximum absolute atomic E-state index is 13.5. The first-order valence-electron chi connectivity index (χ1n) is 11.3. The van der Waals surface area contributed by atoms with Crippen LogP contribution in [0, 0.1) is 11.7 Å². The molecule has 0 unspecified atom stereocenters. The number of unbranched alkanes of at least 4 members (excludes halogenated alkanes) is 1. The number of nitrogens with one attached hydrogen (secondary N) is 1. The molecule has 1 atom stereocenters. The second-order valence-electron chi connectivity index (χ2n) is 8.36. The second-order valence-corrected chi connectivity index (χ2v) is 8.36.